The number of nitrogens with one attached hydrogen (secondary N) is 1. The van der Waals surface area contributed by atoms with E-state index in [0.717, 1.165) is 13.8 Å². The third-order valence-corrected chi connectivity index (χ3v) is 3.67. The van der Waals surface area contributed by atoms with E-state index in [9.17, 15) is 27.6 Å². The van der Waals surface area contributed by atoms with Crippen molar-refractivity contribution in [3.63, 3.8) is 0 Å². The molecule has 1 rings (SSSR count). The molecule has 0 aliphatic carbocycles. The van der Waals surface area contributed by atoms with Gasteiger partial charge in [0.15, 0.2) is 17.2 Å². The van der Waals surface area contributed by atoms with Crippen LogP contribution in [0, 0.1) is 0 Å². The minimum Gasteiger partial charge on any atom is -0.457 e. The molecule has 1 aliphatic heterocycles. The molecule has 1 fully saturated rings. The van der Waals surface area contributed by atoms with Gasteiger partial charge in [0, 0.05) is 13.8 Å². The number of ether oxygens (including phenoxy) is 3. The molecule has 0 aromatic rings. The molecule has 11 heteroatoms. The first-order chi connectivity index (χ1) is 10.4. The van der Waals surface area contributed by atoms with E-state index in [1.807, 2.05) is 0 Å². The van der Waals surface area contributed by atoms with Gasteiger partial charge in [-0.25, -0.2) is 0 Å². The van der Waals surface area contributed by atoms with E-state index in [-0.39, 0.29) is 0 Å². The highest BCUT2D eigenvalue weighted by atomic mass is 79.9. The molecule has 0 unspecified atom stereocenters. The molecule has 0 saturated carbocycles. The summed E-state index contributed by atoms with van der Waals surface area (Å²) in [5, 5.41) is 0.708. The summed E-state index contributed by atoms with van der Waals surface area (Å²) in [5.74, 6) is -3.83. The maximum absolute atomic E-state index is 12.5. The third kappa shape index (κ3) is 5.34. The number of amides is 1. The lowest BCUT2D eigenvalue weighted by Gasteiger charge is -2.43. The SMILES string of the molecule is CC(=O)O[C@@H]1[C@@H](NC(=O)C(F)(F)F)[C@@H](OC(C)=O)[C@H](Br)O[C@H]1C. The Morgan fingerprint density at radius 3 is 2.00 bits per heavy atom. The van der Waals surface area contributed by atoms with Crippen molar-refractivity contribution in [2.45, 2.75) is 56.3 Å². The monoisotopic (exact) mass is 405 g/mol. The molecule has 1 amide bonds. The predicted octanol–water partition coefficient (Wildman–Crippen LogP) is 1.04. The summed E-state index contributed by atoms with van der Waals surface area (Å²) in [6, 6.07) is -1.44. The van der Waals surface area contributed by atoms with Crippen LogP contribution >= 0.6 is 15.9 Å². The van der Waals surface area contributed by atoms with Crippen molar-refractivity contribution in [1.29, 1.82) is 0 Å². The fourth-order valence-corrected chi connectivity index (χ4v) is 2.86. The summed E-state index contributed by atoms with van der Waals surface area (Å²) in [6.07, 6.45) is -8.59. The third-order valence-electron chi connectivity index (χ3n) is 2.93. The zero-order valence-electron chi connectivity index (χ0n) is 12.3. The van der Waals surface area contributed by atoms with E-state index in [4.69, 9.17) is 14.2 Å². The molecule has 7 nitrogen and oxygen atoms in total. The van der Waals surface area contributed by atoms with E-state index < -0.39 is 53.4 Å². The first kappa shape index (κ1) is 19.7. The Hall–Kier alpha value is -1.36. The Labute approximate surface area is 137 Å². The van der Waals surface area contributed by atoms with Crippen LogP contribution in [0.15, 0.2) is 0 Å². The normalized spacial score (nSPS) is 31.2. The van der Waals surface area contributed by atoms with Crippen molar-refractivity contribution in [1.82, 2.24) is 5.32 Å². The zero-order valence-corrected chi connectivity index (χ0v) is 13.9. The highest BCUT2D eigenvalue weighted by Gasteiger charge is 2.51. The molecular formula is C12H15BrF3NO6. The van der Waals surface area contributed by atoms with Gasteiger partial charge in [0.2, 0.25) is 0 Å². The van der Waals surface area contributed by atoms with Crippen molar-refractivity contribution in [3.8, 4) is 0 Å². The first-order valence-corrected chi connectivity index (χ1v) is 7.36. The van der Waals surface area contributed by atoms with Crippen LogP contribution in [0.25, 0.3) is 0 Å². The van der Waals surface area contributed by atoms with Crippen LogP contribution < -0.4 is 5.32 Å². The topological polar surface area (TPSA) is 90.9 Å². The second kappa shape index (κ2) is 7.47. The lowest BCUT2D eigenvalue weighted by molar-refractivity contribution is -0.200. The van der Waals surface area contributed by atoms with E-state index in [1.165, 1.54) is 6.92 Å². The fourth-order valence-electron chi connectivity index (χ4n) is 2.08. The van der Waals surface area contributed by atoms with Crippen molar-refractivity contribution < 1.29 is 41.8 Å². The largest absolute Gasteiger partial charge is 0.471 e. The summed E-state index contributed by atoms with van der Waals surface area (Å²) >= 11 is 3.03. The van der Waals surface area contributed by atoms with Gasteiger partial charge in [-0.1, -0.05) is 15.9 Å². The minimum atomic E-state index is -5.15. The second-order valence-electron chi connectivity index (χ2n) is 4.84. The summed E-state index contributed by atoms with van der Waals surface area (Å²) < 4.78 is 52.7. The molecule has 132 valence electrons. The van der Waals surface area contributed by atoms with Gasteiger partial charge in [-0.3, -0.25) is 14.4 Å². The van der Waals surface area contributed by atoms with Gasteiger partial charge < -0.3 is 19.5 Å². The van der Waals surface area contributed by atoms with Crippen LogP contribution in [-0.2, 0) is 28.6 Å². The molecule has 0 aromatic carbocycles. The molecule has 1 aliphatic rings. The highest BCUT2D eigenvalue weighted by Crippen LogP contribution is 2.30. The number of esters is 2. The van der Waals surface area contributed by atoms with Gasteiger partial charge in [0.05, 0.1) is 6.10 Å². The van der Waals surface area contributed by atoms with Gasteiger partial charge in [-0.15, -0.1) is 0 Å². The molecule has 23 heavy (non-hydrogen) atoms. The molecular weight excluding hydrogens is 391 g/mol. The standard InChI is InChI=1S/C12H15BrF3NO6/c1-4-8(22-5(2)18)7(17-11(20)12(14,15)16)9(10(13)21-4)23-6(3)19/h4,7-10H,1-3H3,(H,17,20)/t4-,7+,8-,9+,10+/m0/s1. The molecule has 1 heterocycles. The van der Waals surface area contributed by atoms with Crippen LogP contribution in [0.1, 0.15) is 20.8 Å². The summed E-state index contributed by atoms with van der Waals surface area (Å²) in [5.41, 5.74) is 0. The van der Waals surface area contributed by atoms with Gasteiger partial charge in [-0.05, 0) is 6.92 Å². The van der Waals surface area contributed by atoms with Crippen LogP contribution in [0.3, 0.4) is 0 Å². The number of alkyl halides is 4. The number of rotatable bonds is 3. The highest BCUT2D eigenvalue weighted by molar-refractivity contribution is 9.09. The Kier molecular flexibility index (Phi) is 6.40. The Morgan fingerprint density at radius 1 is 1.09 bits per heavy atom. The fraction of sp³-hybridized carbons (Fsp3) is 0.750. The van der Waals surface area contributed by atoms with E-state index in [0.29, 0.717) is 0 Å². The quantitative estimate of drug-likeness (QED) is 0.557. The van der Waals surface area contributed by atoms with E-state index >= 15 is 0 Å². The molecule has 5 atom stereocenters. The number of carbonyl (C=O) groups is 3. The van der Waals surface area contributed by atoms with Crippen molar-refractivity contribution in [2.24, 2.45) is 0 Å². The van der Waals surface area contributed by atoms with Crippen LogP contribution in [0.2, 0.25) is 0 Å². The number of hydrogen-bond donors (Lipinski definition) is 1. The Balaban J connectivity index is 3.12. The van der Waals surface area contributed by atoms with Crippen LogP contribution in [0.4, 0.5) is 13.2 Å². The van der Waals surface area contributed by atoms with Gasteiger partial charge in [0.25, 0.3) is 0 Å². The average Bonchev–Trinajstić information content (AvgIpc) is 2.36. The minimum absolute atomic E-state index is 0.786. The average molecular weight is 406 g/mol. The predicted molar refractivity (Wildman–Crippen MR) is 72.4 cm³/mol. The van der Waals surface area contributed by atoms with Crippen molar-refractivity contribution >= 4 is 33.8 Å². The Morgan fingerprint density at radius 2 is 1.57 bits per heavy atom. The van der Waals surface area contributed by atoms with Gasteiger partial charge in [-0.2, -0.15) is 13.2 Å². The molecule has 0 bridgehead atoms. The van der Waals surface area contributed by atoms with Crippen LogP contribution in [0.5, 0.6) is 0 Å². The second-order valence-corrected chi connectivity index (χ2v) is 5.74. The summed E-state index contributed by atoms with van der Waals surface area (Å²) in [6.45, 7) is 3.54. The first-order valence-electron chi connectivity index (χ1n) is 6.45. The smallest absolute Gasteiger partial charge is 0.457 e. The summed E-state index contributed by atoms with van der Waals surface area (Å²) in [7, 11) is 0. The number of carbonyl (C=O) groups excluding carboxylic acids is 3. The number of hydrogen-bond acceptors (Lipinski definition) is 6. The molecule has 1 saturated heterocycles. The zero-order chi connectivity index (χ0) is 17.9. The molecule has 0 aromatic heterocycles. The lowest BCUT2D eigenvalue weighted by Crippen LogP contribution is -2.65. The van der Waals surface area contributed by atoms with Crippen molar-refractivity contribution in [3.05, 3.63) is 0 Å². The lowest BCUT2D eigenvalue weighted by atomic mass is 9.97. The van der Waals surface area contributed by atoms with Crippen molar-refractivity contribution in [2.75, 3.05) is 0 Å². The maximum atomic E-state index is 12.5. The van der Waals surface area contributed by atoms with Gasteiger partial charge >= 0.3 is 24.0 Å². The number of halogens is 4. The van der Waals surface area contributed by atoms with Gasteiger partial charge in [0.1, 0.15) is 6.04 Å². The van der Waals surface area contributed by atoms with E-state index in [2.05, 4.69) is 15.9 Å². The van der Waals surface area contributed by atoms with Crippen LogP contribution in [-0.4, -0.2) is 53.4 Å². The molecule has 0 radical (unpaired) electrons. The molecule has 1 N–H and O–H groups in total. The maximum Gasteiger partial charge on any atom is 0.471 e. The van der Waals surface area contributed by atoms with E-state index in [1.54, 1.807) is 5.32 Å². The Bertz CT molecular complexity index is 458. The summed E-state index contributed by atoms with van der Waals surface area (Å²) in [4.78, 5) is 33.6. The molecule has 0 spiro atoms.